The summed E-state index contributed by atoms with van der Waals surface area (Å²) in [5.74, 6) is -0.362. The second kappa shape index (κ2) is 5.56. The van der Waals surface area contributed by atoms with Crippen molar-refractivity contribution < 1.29 is 9.53 Å². The van der Waals surface area contributed by atoms with Gasteiger partial charge in [-0.3, -0.25) is 4.68 Å². The van der Waals surface area contributed by atoms with E-state index in [-0.39, 0.29) is 12.6 Å². The number of nitrogens with zero attached hydrogens (tertiary/aromatic N) is 2. The minimum absolute atomic E-state index is 0.215. The summed E-state index contributed by atoms with van der Waals surface area (Å²) in [7, 11) is 1.84. The first-order chi connectivity index (χ1) is 9.10. The van der Waals surface area contributed by atoms with Crippen molar-refractivity contribution in [3.8, 4) is 0 Å². The van der Waals surface area contributed by atoms with Crippen LogP contribution in [-0.4, -0.2) is 15.7 Å². The zero-order valence-corrected chi connectivity index (χ0v) is 11.1. The number of esters is 1. The number of nitrogens with two attached hydrogens (primary N) is 1. The zero-order valence-electron chi connectivity index (χ0n) is 11.1. The highest BCUT2D eigenvalue weighted by atomic mass is 16.5. The van der Waals surface area contributed by atoms with E-state index in [2.05, 4.69) is 5.10 Å². The molecule has 0 fully saturated rings. The molecular weight excluding hydrogens is 242 g/mol. The topological polar surface area (TPSA) is 70.1 Å². The molecule has 0 bridgehead atoms. The lowest BCUT2D eigenvalue weighted by Crippen LogP contribution is -2.08. The van der Waals surface area contributed by atoms with Crippen molar-refractivity contribution in [2.75, 3.05) is 5.73 Å². The minimum Gasteiger partial charge on any atom is -0.456 e. The van der Waals surface area contributed by atoms with E-state index < -0.39 is 0 Å². The quantitative estimate of drug-likeness (QED) is 0.672. The molecule has 5 nitrogen and oxygen atoms in total. The van der Waals surface area contributed by atoms with E-state index in [1.165, 1.54) is 0 Å². The van der Waals surface area contributed by atoms with Crippen LogP contribution in [0.25, 0.3) is 0 Å². The molecular formula is C14H17N3O2. The molecule has 2 rings (SSSR count). The Kier molecular flexibility index (Phi) is 3.85. The number of carbonyl (C=O) groups excluding carboxylic acids is 1. The van der Waals surface area contributed by atoms with Gasteiger partial charge < -0.3 is 10.5 Å². The summed E-state index contributed by atoms with van der Waals surface area (Å²) >= 11 is 0. The van der Waals surface area contributed by atoms with Crippen LogP contribution in [0.3, 0.4) is 0 Å². The summed E-state index contributed by atoms with van der Waals surface area (Å²) in [5, 5.41) is 4.30. The zero-order chi connectivity index (χ0) is 13.8. The highest BCUT2D eigenvalue weighted by Gasteiger charge is 2.09. The van der Waals surface area contributed by atoms with Gasteiger partial charge in [0.25, 0.3) is 0 Å². The summed E-state index contributed by atoms with van der Waals surface area (Å²) in [5.41, 5.74) is 8.54. The van der Waals surface area contributed by atoms with Gasteiger partial charge >= 0.3 is 5.97 Å². The van der Waals surface area contributed by atoms with E-state index in [4.69, 9.17) is 10.5 Å². The number of anilines is 1. The van der Waals surface area contributed by atoms with Gasteiger partial charge in [-0.05, 0) is 36.8 Å². The van der Waals surface area contributed by atoms with Crippen molar-refractivity contribution in [2.24, 2.45) is 7.05 Å². The van der Waals surface area contributed by atoms with Crippen LogP contribution in [0, 0.1) is 0 Å². The van der Waals surface area contributed by atoms with Crippen molar-refractivity contribution in [1.29, 1.82) is 0 Å². The average Bonchev–Trinajstić information content (AvgIpc) is 2.77. The fourth-order valence-electron chi connectivity index (χ4n) is 1.72. The molecule has 0 aliphatic rings. The van der Waals surface area contributed by atoms with E-state index in [9.17, 15) is 4.79 Å². The smallest absolute Gasteiger partial charge is 0.338 e. The monoisotopic (exact) mass is 259 g/mol. The van der Waals surface area contributed by atoms with Crippen LogP contribution in [0.15, 0.2) is 30.3 Å². The second-order valence-corrected chi connectivity index (χ2v) is 4.30. The molecule has 0 saturated carbocycles. The number of rotatable bonds is 4. The molecule has 0 aliphatic carbocycles. The van der Waals surface area contributed by atoms with Crippen molar-refractivity contribution in [1.82, 2.24) is 9.78 Å². The Balaban J connectivity index is 2.00. The van der Waals surface area contributed by atoms with Gasteiger partial charge in [-0.15, -0.1) is 0 Å². The average molecular weight is 259 g/mol. The van der Waals surface area contributed by atoms with Crippen molar-refractivity contribution >= 4 is 11.7 Å². The molecule has 1 heterocycles. The summed E-state index contributed by atoms with van der Waals surface area (Å²) in [6, 6.07) is 8.60. The van der Waals surface area contributed by atoms with Crippen molar-refractivity contribution in [3.05, 3.63) is 47.3 Å². The number of hydrogen-bond donors (Lipinski definition) is 1. The van der Waals surface area contributed by atoms with Gasteiger partial charge in [0.1, 0.15) is 6.61 Å². The first kappa shape index (κ1) is 13.1. The standard InChI is InChI=1S/C14H17N3O2/c1-3-12-8-13(17(2)16-12)9-19-14(18)10-4-6-11(15)7-5-10/h4-8H,3,9,15H2,1-2H3. The van der Waals surface area contributed by atoms with Gasteiger partial charge in [-0.25, -0.2) is 4.79 Å². The Bertz CT molecular complexity index is 573. The molecule has 1 aromatic carbocycles. The molecule has 0 saturated heterocycles. The summed E-state index contributed by atoms with van der Waals surface area (Å²) in [4.78, 5) is 11.8. The third-order valence-corrected chi connectivity index (χ3v) is 2.89. The molecule has 0 unspecified atom stereocenters. The van der Waals surface area contributed by atoms with Crippen LogP contribution in [-0.2, 0) is 24.8 Å². The van der Waals surface area contributed by atoms with Gasteiger partial charge in [-0.1, -0.05) is 6.92 Å². The maximum atomic E-state index is 11.8. The van der Waals surface area contributed by atoms with E-state index >= 15 is 0 Å². The molecule has 100 valence electrons. The molecule has 19 heavy (non-hydrogen) atoms. The third-order valence-electron chi connectivity index (χ3n) is 2.89. The van der Waals surface area contributed by atoms with Gasteiger partial charge in [0.2, 0.25) is 0 Å². The highest BCUT2D eigenvalue weighted by Crippen LogP contribution is 2.10. The Morgan fingerprint density at radius 2 is 2.05 bits per heavy atom. The SMILES string of the molecule is CCc1cc(COC(=O)c2ccc(N)cc2)n(C)n1. The van der Waals surface area contributed by atoms with Crippen LogP contribution in [0.1, 0.15) is 28.7 Å². The number of hydrogen-bond acceptors (Lipinski definition) is 4. The lowest BCUT2D eigenvalue weighted by Gasteiger charge is -2.05. The Morgan fingerprint density at radius 3 is 2.63 bits per heavy atom. The first-order valence-corrected chi connectivity index (χ1v) is 6.14. The third kappa shape index (κ3) is 3.13. The number of nitrogen functional groups attached to an aromatic ring is 1. The molecule has 0 amide bonds. The van der Waals surface area contributed by atoms with Crippen LogP contribution < -0.4 is 5.73 Å². The number of aryl methyl sites for hydroxylation is 2. The maximum Gasteiger partial charge on any atom is 0.338 e. The lowest BCUT2D eigenvalue weighted by molar-refractivity contribution is 0.0463. The number of benzene rings is 1. The first-order valence-electron chi connectivity index (χ1n) is 6.14. The van der Waals surface area contributed by atoms with Crippen molar-refractivity contribution in [2.45, 2.75) is 20.0 Å². The Morgan fingerprint density at radius 1 is 1.37 bits per heavy atom. The predicted octanol–water partition coefficient (Wildman–Crippen LogP) is 1.92. The molecule has 0 spiro atoms. The molecule has 1 aromatic heterocycles. The van der Waals surface area contributed by atoms with E-state index in [0.717, 1.165) is 17.8 Å². The predicted molar refractivity (Wildman–Crippen MR) is 72.6 cm³/mol. The number of aromatic nitrogens is 2. The van der Waals surface area contributed by atoms with E-state index in [0.29, 0.717) is 11.3 Å². The number of carbonyl (C=O) groups is 1. The summed E-state index contributed by atoms with van der Waals surface area (Å²) < 4.78 is 6.98. The Labute approximate surface area is 112 Å². The lowest BCUT2D eigenvalue weighted by atomic mass is 10.2. The van der Waals surface area contributed by atoms with Gasteiger partial charge in [0, 0.05) is 12.7 Å². The minimum atomic E-state index is -0.362. The molecule has 2 aromatic rings. The fourth-order valence-corrected chi connectivity index (χ4v) is 1.72. The summed E-state index contributed by atoms with van der Waals surface area (Å²) in [6.07, 6.45) is 0.861. The largest absolute Gasteiger partial charge is 0.456 e. The van der Waals surface area contributed by atoms with Gasteiger partial charge in [0.05, 0.1) is 17.0 Å². The van der Waals surface area contributed by atoms with Gasteiger partial charge in [-0.2, -0.15) is 5.10 Å². The van der Waals surface area contributed by atoms with Crippen molar-refractivity contribution in [3.63, 3.8) is 0 Å². The van der Waals surface area contributed by atoms with Crippen LogP contribution >= 0.6 is 0 Å². The highest BCUT2D eigenvalue weighted by molar-refractivity contribution is 5.89. The maximum absolute atomic E-state index is 11.8. The summed E-state index contributed by atoms with van der Waals surface area (Å²) in [6.45, 7) is 2.25. The normalized spacial score (nSPS) is 10.4. The van der Waals surface area contributed by atoms with E-state index in [1.54, 1.807) is 28.9 Å². The number of ether oxygens (including phenoxy) is 1. The molecule has 5 heteroatoms. The Hall–Kier alpha value is -2.30. The molecule has 0 radical (unpaired) electrons. The van der Waals surface area contributed by atoms with E-state index in [1.807, 2.05) is 20.0 Å². The fraction of sp³-hybridized carbons (Fsp3) is 0.286. The molecule has 2 N–H and O–H groups in total. The van der Waals surface area contributed by atoms with Crippen LogP contribution in [0.5, 0.6) is 0 Å². The second-order valence-electron chi connectivity index (χ2n) is 4.30. The van der Waals surface area contributed by atoms with Crippen LogP contribution in [0.2, 0.25) is 0 Å². The molecule has 0 aliphatic heterocycles. The molecule has 0 atom stereocenters. The van der Waals surface area contributed by atoms with Gasteiger partial charge in [0.15, 0.2) is 0 Å². The van der Waals surface area contributed by atoms with Crippen LogP contribution in [0.4, 0.5) is 5.69 Å².